The SMILES string of the molecule is C=C(C(=O)OC(OCCC(F)(F)C(F)(F)S(=O)(=O)O)(C(=O)OC(C)C)C(F)(F)F)C(F)(F)F. The Morgan fingerprint density at radius 3 is 1.76 bits per heavy atom. The summed E-state index contributed by atoms with van der Waals surface area (Å²) in [6, 6.07) is 0. The fourth-order valence-electron chi connectivity index (χ4n) is 1.64. The topological polar surface area (TPSA) is 116 Å². The maximum absolute atomic E-state index is 13.6. The Morgan fingerprint density at radius 1 is 0.970 bits per heavy atom. The molecule has 1 N–H and O–H groups in total. The van der Waals surface area contributed by atoms with Crippen molar-refractivity contribution in [3.8, 4) is 0 Å². The lowest BCUT2D eigenvalue weighted by atomic mass is 10.2. The van der Waals surface area contributed by atoms with Gasteiger partial charge in [0.25, 0.3) is 0 Å². The van der Waals surface area contributed by atoms with E-state index in [2.05, 4.69) is 20.8 Å². The minimum Gasteiger partial charge on any atom is -0.458 e. The summed E-state index contributed by atoms with van der Waals surface area (Å²) < 4.78 is 172. The van der Waals surface area contributed by atoms with Gasteiger partial charge in [0.15, 0.2) is 0 Å². The van der Waals surface area contributed by atoms with E-state index in [-0.39, 0.29) is 0 Å². The normalized spacial score (nSPS) is 15.7. The molecule has 0 aromatic heterocycles. The van der Waals surface area contributed by atoms with Crippen LogP contribution >= 0.6 is 0 Å². The van der Waals surface area contributed by atoms with Crippen LogP contribution in [0.3, 0.4) is 0 Å². The number of carbonyl (C=O) groups excluding carboxylic acids is 2. The number of hydrogen-bond acceptors (Lipinski definition) is 7. The lowest BCUT2D eigenvalue weighted by Gasteiger charge is -2.33. The molecule has 0 aliphatic heterocycles. The Hall–Kier alpha value is -2.15. The van der Waals surface area contributed by atoms with Crippen molar-refractivity contribution in [2.75, 3.05) is 6.61 Å². The molecule has 1 atom stereocenters. The predicted octanol–water partition coefficient (Wildman–Crippen LogP) is 3.38. The highest BCUT2D eigenvalue weighted by Crippen LogP contribution is 2.43. The summed E-state index contributed by atoms with van der Waals surface area (Å²) in [5, 5.41) is -6.26. The number of hydrogen-bond donors (Lipinski definition) is 1. The Bertz CT molecular complexity index is 862. The van der Waals surface area contributed by atoms with Gasteiger partial charge in [0.05, 0.1) is 12.7 Å². The molecule has 0 spiro atoms. The minimum atomic E-state index is -6.81. The van der Waals surface area contributed by atoms with Crippen LogP contribution in [0.15, 0.2) is 12.2 Å². The highest BCUT2D eigenvalue weighted by molar-refractivity contribution is 7.87. The molecule has 0 bridgehead atoms. The summed E-state index contributed by atoms with van der Waals surface area (Å²) in [5.41, 5.74) is -2.61. The molecule has 194 valence electrons. The second-order valence-corrected chi connectivity index (χ2v) is 7.69. The number of alkyl halides is 10. The molecule has 0 aromatic rings. The van der Waals surface area contributed by atoms with Gasteiger partial charge in [0.2, 0.25) is 0 Å². The second kappa shape index (κ2) is 9.61. The van der Waals surface area contributed by atoms with Crippen LogP contribution in [0.5, 0.6) is 0 Å². The third-order valence-electron chi connectivity index (χ3n) is 3.28. The van der Waals surface area contributed by atoms with Crippen molar-refractivity contribution in [1.82, 2.24) is 0 Å². The van der Waals surface area contributed by atoms with Crippen LogP contribution in [0, 0.1) is 0 Å². The van der Waals surface area contributed by atoms with E-state index in [0.717, 1.165) is 13.8 Å². The van der Waals surface area contributed by atoms with Crippen molar-refractivity contribution in [3.63, 3.8) is 0 Å². The molecule has 0 saturated carbocycles. The van der Waals surface area contributed by atoms with Gasteiger partial charge in [0, 0.05) is 6.42 Å². The number of ether oxygens (including phenoxy) is 3. The van der Waals surface area contributed by atoms with Gasteiger partial charge in [-0.1, -0.05) is 6.58 Å². The molecule has 33 heavy (non-hydrogen) atoms. The molecule has 19 heteroatoms. The van der Waals surface area contributed by atoms with Crippen LogP contribution in [0.25, 0.3) is 0 Å². The monoisotopic (exact) mass is 532 g/mol. The molecular weight excluding hydrogens is 518 g/mol. The van der Waals surface area contributed by atoms with Crippen LogP contribution in [0.1, 0.15) is 20.3 Å². The molecule has 0 saturated heterocycles. The Morgan fingerprint density at radius 2 is 1.42 bits per heavy atom. The number of rotatable bonds is 10. The smallest absolute Gasteiger partial charge is 0.458 e. The van der Waals surface area contributed by atoms with Gasteiger partial charge >= 0.3 is 51.4 Å². The van der Waals surface area contributed by atoms with Crippen molar-refractivity contribution in [2.24, 2.45) is 0 Å². The lowest BCUT2D eigenvalue weighted by Crippen LogP contribution is -2.59. The maximum atomic E-state index is 13.6. The predicted molar refractivity (Wildman–Crippen MR) is 83.3 cm³/mol. The average Bonchev–Trinajstić information content (AvgIpc) is 2.56. The van der Waals surface area contributed by atoms with Gasteiger partial charge in [-0.3, -0.25) is 4.55 Å². The molecular formula is C14H14F10O8S. The first-order chi connectivity index (χ1) is 14.3. The molecule has 0 rings (SSSR count). The zero-order valence-electron chi connectivity index (χ0n) is 16.2. The number of carbonyl (C=O) groups is 2. The Kier molecular flexibility index (Phi) is 8.98. The number of esters is 2. The third kappa shape index (κ3) is 6.92. The van der Waals surface area contributed by atoms with Crippen LogP contribution in [0.2, 0.25) is 0 Å². The number of halogens is 10. The quantitative estimate of drug-likeness (QED) is 0.150. The molecule has 0 amide bonds. The van der Waals surface area contributed by atoms with Crippen LogP contribution in [-0.2, 0) is 33.9 Å². The van der Waals surface area contributed by atoms with Gasteiger partial charge < -0.3 is 14.2 Å². The van der Waals surface area contributed by atoms with Crippen molar-refractivity contribution in [3.05, 3.63) is 12.2 Å². The molecule has 1 unspecified atom stereocenters. The molecule has 0 heterocycles. The first kappa shape index (κ1) is 30.9. The molecule has 8 nitrogen and oxygen atoms in total. The lowest BCUT2D eigenvalue weighted by molar-refractivity contribution is -0.358. The van der Waals surface area contributed by atoms with E-state index in [4.69, 9.17) is 4.55 Å². The van der Waals surface area contributed by atoms with Crippen LogP contribution in [0.4, 0.5) is 43.9 Å². The first-order valence-corrected chi connectivity index (χ1v) is 9.41. The van der Waals surface area contributed by atoms with E-state index in [9.17, 15) is 61.9 Å². The summed E-state index contributed by atoms with van der Waals surface area (Å²) in [6.45, 7) is 1.52. The Balaban J connectivity index is 6.25. The highest BCUT2D eigenvalue weighted by Gasteiger charge is 2.70. The minimum absolute atomic E-state index is 0.899. The summed E-state index contributed by atoms with van der Waals surface area (Å²) in [5.74, 6) is -16.8. The summed E-state index contributed by atoms with van der Waals surface area (Å²) in [4.78, 5) is 23.4. The first-order valence-electron chi connectivity index (χ1n) is 7.97. The van der Waals surface area contributed by atoms with Crippen molar-refractivity contribution < 1.29 is 80.7 Å². The van der Waals surface area contributed by atoms with Crippen LogP contribution in [-0.4, -0.2) is 66.9 Å². The van der Waals surface area contributed by atoms with Gasteiger partial charge in [0.1, 0.15) is 5.57 Å². The zero-order valence-corrected chi connectivity index (χ0v) is 17.0. The zero-order chi connectivity index (χ0) is 26.8. The molecule has 0 radical (unpaired) electrons. The van der Waals surface area contributed by atoms with Crippen molar-refractivity contribution in [2.45, 2.75) is 55.7 Å². The van der Waals surface area contributed by atoms with E-state index >= 15 is 0 Å². The van der Waals surface area contributed by atoms with Crippen LogP contribution < -0.4 is 0 Å². The average molecular weight is 532 g/mol. The standard InChI is InChI=1S/C14H14F10O8S/c1-6(2)31-9(26)11(13(20,21)22,32-8(25)7(3)12(17,18)19)30-5-4-10(15,16)14(23,24)33(27,28)29/h6H,3-5H2,1-2H3,(H,27,28,29). The van der Waals surface area contributed by atoms with Gasteiger partial charge in [-0.2, -0.15) is 52.3 Å². The van der Waals surface area contributed by atoms with Gasteiger partial charge in [-0.25, -0.2) is 9.59 Å². The van der Waals surface area contributed by atoms with E-state index in [1.807, 2.05) is 0 Å². The molecule has 0 aromatic carbocycles. The largest absolute Gasteiger partial charge is 0.468 e. The van der Waals surface area contributed by atoms with Gasteiger partial charge in [-0.05, 0) is 13.8 Å². The summed E-state index contributed by atoms with van der Waals surface area (Å²) in [6.07, 6.45) is -16.2. The van der Waals surface area contributed by atoms with E-state index in [1.54, 1.807) is 0 Å². The fourth-order valence-corrected chi connectivity index (χ4v) is 2.12. The highest BCUT2D eigenvalue weighted by atomic mass is 32.2. The second-order valence-electron chi connectivity index (χ2n) is 6.23. The third-order valence-corrected chi connectivity index (χ3v) is 4.23. The maximum Gasteiger partial charge on any atom is 0.468 e. The van der Waals surface area contributed by atoms with E-state index in [0.29, 0.717) is 0 Å². The molecule has 0 aliphatic carbocycles. The summed E-state index contributed by atoms with van der Waals surface area (Å²) in [7, 11) is -6.81. The van der Waals surface area contributed by atoms with E-state index in [1.165, 1.54) is 0 Å². The van der Waals surface area contributed by atoms with Crippen molar-refractivity contribution >= 4 is 22.1 Å². The fraction of sp³-hybridized carbons (Fsp3) is 0.714. The van der Waals surface area contributed by atoms with E-state index < -0.39 is 76.1 Å². The van der Waals surface area contributed by atoms with Gasteiger partial charge in [-0.15, -0.1) is 0 Å². The summed E-state index contributed by atoms with van der Waals surface area (Å²) >= 11 is 0. The molecule has 0 aliphatic rings. The molecule has 0 fully saturated rings. The Labute approximate surface area is 178 Å². The van der Waals surface area contributed by atoms with Crippen molar-refractivity contribution in [1.29, 1.82) is 0 Å².